The number of nitrogens with two attached hydrogens (primary N) is 2. The van der Waals surface area contributed by atoms with E-state index >= 15 is 0 Å². The Bertz CT molecular complexity index is 1040. The first-order chi connectivity index (χ1) is 15.0. The Balaban J connectivity index is 1.83. The number of amides is 5. The van der Waals surface area contributed by atoms with Gasteiger partial charge in [0.25, 0.3) is 11.8 Å². The predicted octanol–water partition coefficient (Wildman–Crippen LogP) is 1.04. The Morgan fingerprint density at radius 3 is 2.12 bits per heavy atom. The molecule has 1 aliphatic heterocycles. The zero-order valence-corrected chi connectivity index (χ0v) is 19.2. The van der Waals surface area contributed by atoms with E-state index in [-0.39, 0.29) is 36.3 Å². The molecule has 1 fully saturated rings. The SMILES string of the molecule is CC(C)[C@@H](NC(N)=O)C(=O)N1CC(NC(=O)c2ccc(C(N)=O)[nH]2)(c2ccc(Br)cc2)C1. The average molecular weight is 505 g/mol. The van der Waals surface area contributed by atoms with E-state index in [0.717, 1.165) is 10.0 Å². The number of halogens is 1. The molecule has 3 rings (SSSR count). The molecule has 0 unspecified atom stereocenters. The zero-order chi connectivity index (χ0) is 23.6. The Morgan fingerprint density at radius 2 is 1.62 bits per heavy atom. The molecule has 1 atom stereocenters. The number of nitrogens with zero attached hydrogens (tertiary/aromatic N) is 1. The zero-order valence-electron chi connectivity index (χ0n) is 17.6. The maximum Gasteiger partial charge on any atom is 0.312 e. The monoisotopic (exact) mass is 504 g/mol. The number of carbonyl (C=O) groups excluding carboxylic acids is 4. The molecule has 170 valence electrons. The van der Waals surface area contributed by atoms with E-state index in [4.69, 9.17) is 11.5 Å². The molecule has 1 aromatic heterocycles. The number of urea groups is 1. The summed E-state index contributed by atoms with van der Waals surface area (Å²) in [5, 5.41) is 5.47. The van der Waals surface area contributed by atoms with Gasteiger partial charge in [-0.05, 0) is 35.7 Å². The van der Waals surface area contributed by atoms with Crippen molar-refractivity contribution < 1.29 is 19.2 Å². The van der Waals surface area contributed by atoms with Gasteiger partial charge < -0.3 is 32.0 Å². The molecule has 1 saturated heterocycles. The van der Waals surface area contributed by atoms with E-state index in [1.165, 1.54) is 12.1 Å². The molecule has 0 spiro atoms. The number of nitrogens with one attached hydrogen (secondary N) is 3. The van der Waals surface area contributed by atoms with Gasteiger partial charge in [-0.2, -0.15) is 0 Å². The number of likely N-dealkylation sites (tertiary alicyclic amines) is 1. The Morgan fingerprint density at radius 1 is 1.03 bits per heavy atom. The number of carbonyl (C=O) groups is 4. The quantitative estimate of drug-likeness (QED) is 0.380. The van der Waals surface area contributed by atoms with Crippen LogP contribution in [0.2, 0.25) is 0 Å². The molecule has 0 saturated carbocycles. The van der Waals surface area contributed by atoms with Crippen molar-refractivity contribution in [2.24, 2.45) is 17.4 Å². The smallest absolute Gasteiger partial charge is 0.312 e. The van der Waals surface area contributed by atoms with Gasteiger partial charge in [0.2, 0.25) is 5.91 Å². The number of aromatic nitrogens is 1. The summed E-state index contributed by atoms with van der Waals surface area (Å²) >= 11 is 3.40. The Kier molecular flexibility index (Phi) is 6.58. The molecule has 32 heavy (non-hydrogen) atoms. The molecule has 11 heteroatoms. The van der Waals surface area contributed by atoms with E-state index in [1.807, 2.05) is 38.1 Å². The van der Waals surface area contributed by atoms with Crippen LogP contribution in [0.25, 0.3) is 0 Å². The van der Waals surface area contributed by atoms with Gasteiger partial charge in [0.1, 0.15) is 23.0 Å². The van der Waals surface area contributed by atoms with Crippen LogP contribution in [0.1, 0.15) is 40.4 Å². The molecule has 7 N–H and O–H groups in total. The third-order valence-electron chi connectivity index (χ3n) is 5.41. The van der Waals surface area contributed by atoms with Crippen LogP contribution in [0.15, 0.2) is 40.9 Å². The molecule has 10 nitrogen and oxygen atoms in total. The van der Waals surface area contributed by atoms with E-state index in [1.54, 1.807) is 4.90 Å². The third kappa shape index (κ3) is 4.77. The molecule has 0 radical (unpaired) electrons. The van der Waals surface area contributed by atoms with Gasteiger partial charge >= 0.3 is 6.03 Å². The van der Waals surface area contributed by atoms with Crippen LogP contribution >= 0.6 is 15.9 Å². The number of aromatic amines is 1. The highest BCUT2D eigenvalue weighted by molar-refractivity contribution is 9.10. The second kappa shape index (κ2) is 9.03. The molecule has 1 aromatic carbocycles. The van der Waals surface area contributed by atoms with E-state index < -0.39 is 29.4 Å². The number of rotatable bonds is 7. The Hall–Kier alpha value is -3.34. The van der Waals surface area contributed by atoms with Gasteiger partial charge in [0.15, 0.2) is 0 Å². The first-order valence-corrected chi connectivity index (χ1v) is 10.7. The summed E-state index contributed by atoms with van der Waals surface area (Å²) in [6, 6.07) is 8.77. The standard InChI is InChI=1S/C21H25BrN6O4/c1-11(2)16(26-20(24)32)19(31)28-9-21(10-28,12-3-5-13(22)6-4-12)27-18(30)15-8-7-14(25-15)17(23)29/h3-8,11,16,25H,9-10H2,1-2H3,(H2,23,29)(H,27,30)(H3,24,26,32)/t16-/m1/s1. The van der Waals surface area contributed by atoms with Crippen molar-refractivity contribution in [1.82, 2.24) is 20.5 Å². The molecule has 5 amide bonds. The normalized spacial score (nSPS) is 15.6. The number of primary amides is 2. The van der Waals surface area contributed by atoms with Crippen molar-refractivity contribution in [3.05, 3.63) is 57.8 Å². The van der Waals surface area contributed by atoms with Crippen LogP contribution < -0.4 is 22.1 Å². The van der Waals surface area contributed by atoms with Gasteiger partial charge in [0.05, 0.1) is 0 Å². The second-order valence-electron chi connectivity index (χ2n) is 8.12. The maximum absolute atomic E-state index is 13.0. The number of hydrogen-bond acceptors (Lipinski definition) is 4. The van der Waals surface area contributed by atoms with Crippen LogP contribution in [0.3, 0.4) is 0 Å². The minimum Gasteiger partial charge on any atom is -0.364 e. The van der Waals surface area contributed by atoms with E-state index in [2.05, 4.69) is 31.5 Å². The molecule has 2 heterocycles. The topological polar surface area (TPSA) is 163 Å². The summed E-state index contributed by atoms with van der Waals surface area (Å²) in [6.45, 7) is 4.02. The number of H-pyrrole nitrogens is 1. The summed E-state index contributed by atoms with van der Waals surface area (Å²) in [5.74, 6) is -1.56. The molecular weight excluding hydrogens is 480 g/mol. The lowest BCUT2D eigenvalue weighted by atomic mass is 9.81. The third-order valence-corrected chi connectivity index (χ3v) is 5.94. The number of benzene rings is 1. The lowest BCUT2D eigenvalue weighted by Crippen LogP contribution is -2.71. The lowest BCUT2D eigenvalue weighted by Gasteiger charge is -2.51. The van der Waals surface area contributed by atoms with Crippen LogP contribution in [-0.4, -0.2) is 52.8 Å². The first-order valence-electron chi connectivity index (χ1n) is 9.94. The van der Waals surface area contributed by atoms with Crippen molar-refractivity contribution in [1.29, 1.82) is 0 Å². The first kappa shape index (κ1) is 23.3. The van der Waals surface area contributed by atoms with Crippen molar-refractivity contribution in [2.45, 2.75) is 25.4 Å². The van der Waals surface area contributed by atoms with E-state index in [0.29, 0.717) is 0 Å². The minimum absolute atomic E-state index is 0.121. The molecule has 2 aromatic rings. The van der Waals surface area contributed by atoms with Crippen LogP contribution in [-0.2, 0) is 10.3 Å². The van der Waals surface area contributed by atoms with Crippen molar-refractivity contribution in [2.75, 3.05) is 13.1 Å². The van der Waals surface area contributed by atoms with Gasteiger partial charge in [-0.1, -0.05) is 41.9 Å². The van der Waals surface area contributed by atoms with Crippen LogP contribution in [0.5, 0.6) is 0 Å². The summed E-state index contributed by atoms with van der Waals surface area (Å²) in [7, 11) is 0. The minimum atomic E-state index is -0.848. The summed E-state index contributed by atoms with van der Waals surface area (Å²) < 4.78 is 0.871. The van der Waals surface area contributed by atoms with Crippen LogP contribution in [0.4, 0.5) is 4.79 Å². The molecular formula is C21H25BrN6O4. The van der Waals surface area contributed by atoms with Gasteiger partial charge in [-0.25, -0.2) is 4.79 Å². The second-order valence-corrected chi connectivity index (χ2v) is 9.03. The van der Waals surface area contributed by atoms with Crippen molar-refractivity contribution in [3.8, 4) is 0 Å². The fourth-order valence-corrected chi connectivity index (χ4v) is 3.95. The van der Waals surface area contributed by atoms with E-state index in [9.17, 15) is 19.2 Å². The van der Waals surface area contributed by atoms with Crippen molar-refractivity contribution >= 4 is 39.7 Å². The maximum atomic E-state index is 13.0. The average Bonchev–Trinajstić information content (AvgIpc) is 3.19. The molecule has 1 aliphatic rings. The summed E-state index contributed by atoms with van der Waals surface area (Å²) in [6.07, 6.45) is 0. The lowest BCUT2D eigenvalue weighted by molar-refractivity contribution is -0.143. The fraction of sp³-hybridized carbons (Fsp3) is 0.333. The summed E-state index contributed by atoms with van der Waals surface area (Å²) in [4.78, 5) is 52.8. The molecule has 0 bridgehead atoms. The summed E-state index contributed by atoms with van der Waals surface area (Å²) in [5.41, 5.74) is 10.7. The van der Waals surface area contributed by atoms with Gasteiger partial charge in [-0.3, -0.25) is 14.4 Å². The predicted molar refractivity (Wildman–Crippen MR) is 121 cm³/mol. The largest absolute Gasteiger partial charge is 0.364 e. The number of hydrogen-bond donors (Lipinski definition) is 5. The molecule has 0 aliphatic carbocycles. The van der Waals surface area contributed by atoms with Gasteiger partial charge in [-0.15, -0.1) is 0 Å². The fourth-order valence-electron chi connectivity index (χ4n) is 3.68. The highest BCUT2D eigenvalue weighted by Crippen LogP contribution is 2.34. The highest BCUT2D eigenvalue weighted by Gasteiger charge is 2.49. The van der Waals surface area contributed by atoms with Crippen LogP contribution in [0, 0.1) is 5.92 Å². The van der Waals surface area contributed by atoms with Gasteiger partial charge in [0, 0.05) is 17.6 Å². The highest BCUT2D eigenvalue weighted by atomic mass is 79.9. The van der Waals surface area contributed by atoms with Crippen molar-refractivity contribution in [3.63, 3.8) is 0 Å². The Labute approximate surface area is 193 Å².